The Balaban J connectivity index is 1.81. The van der Waals surface area contributed by atoms with Crippen molar-refractivity contribution < 1.29 is 9.53 Å². The van der Waals surface area contributed by atoms with Crippen molar-refractivity contribution in [2.45, 2.75) is 25.0 Å². The first-order valence-electron chi connectivity index (χ1n) is 8.39. The van der Waals surface area contributed by atoms with Crippen molar-refractivity contribution in [1.82, 2.24) is 14.5 Å². The number of thioether (sulfide) groups is 1. The van der Waals surface area contributed by atoms with Crippen molar-refractivity contribution in [2.75, 3.05) is 18.1 Å². The minimum absolute atomic E-state index is 0.0619. The molecule has 9 heteroatoms. The Morgan fingerprint density at radius 1 is 1.41 bits per heavy atom. The molecule has 0 aliphatic carbocycles. The van der Waals surface area contributed by atoms with Crippen molar-refractivity contribution in [1.29, 1.82) is 0 Å². The maximum atomic E-state index is 11.7. The molecule has 0 aliphatic heterocycles. The standard InChI is InChI=1S/C18H19ClN4O3S/c1-2-26-17(25)10-27-18-22-16(24)8-15(20)23(18)6-5-11-9-21-14-4-3-12(19)7-13(11)14/h3-4,7-9,21H,2,5-6,10,20H2,1H3. The van der Waals surface area contributed by atoms with E-state index in [1.54, 1.807) is 11.5 Å². The first-order valence-corrected chi connectivity index (χ1v) is 9.75. The topological polar surface area (TPSA) is 103 Å². The van der Waals surface area contributed by atoms with Gasteiger partial charge in [-0.3, -0.25) is 9.59 Å². The number of ether oxygens (including phenoxy) is 1. The molecular weight excluding hydrogens is 388 g/mol. The van der Waals surface area contributed by atoms with Crippen molar-refractivity contribution in [2.24, 2.45) is 0 Å². The quantitative estimate of drug-likeness (QED) is 0.355. The SMILES string of the molecule is CCOC(=O)CSc1nc(=O)cc(N)n1CCc1c[nH]c2ccc(Cl)cc12. The molecule has 0 saturated carbocycles. The molecule has 3 aromatic rings. The summed E-state index contributed by atoms with van der Waals surface area (Å²) in [6, 6.07) is 6.95. The maximum absolute atomic E-state index is 11.7. The maximum Gasteiger partial charge on any atom is 0.316 e. The normalized spacial score (nSPS) is 11.0. The van der Waals surface area contributed by atoms with E-state index in [0.717, 1.165) is 28.2 Å². The molecule has 3 rings (SSSR count). The van der Waals surface area contributed by atoms with Crippen LogP contribution in [0.3, 0.4) is 0 Å². The Kier molecular flexibility index (Phi) is 6.08. The highest BCUT2D eigenvalue weighted by Crippen LogP contribution is 2.24. The highest BCUT2D eigenvalue weighted by molar-refractivity contribution is 7.99. The summed E-state index contributed by atoms with van der Waals surface area (Å²) in [5.41, 5.74) is 7.67. The number of anilines is 1. The number of aromatic amines is 1. The zero-order valence-electron chi connectivity index (χ0n) is 14.7. The number of halogens is 1. The summed E-state index contributed by atoms with van der Waals surface area (Å²) in [5.74, 6) is 0.00288. The Bertz CT molecular complexity index is 1030. The fourth-order valence-electron chi connectivity index (χ4n) is 2.75. The van der Waals surface area contributed by atoms with Crippen molar-refractivity contribution >= 4 is 46.1 Å². The van der Waals surface area contributed by atoms with Gasteiger partial charge in [0.2, 0.25) is 0 Å². The first kappa shape index (κ1) is 19.3. The number of hydrogen-bond acceptors (Lipinski definition) is 6. The lowest BCUT2D eigenvalue weighted by molar-refractivity contribution is -0.139. The van der Waals surface area contributed by atoms with Crippen LogP contribution in [0.1, 0.15) is 12.5 Å². The van der Waals surface area contributed by atoms with Crippen molar-refractivity contribution in [3.63, 3.8) is 0 Å². The average molecular weight is 407 g/mol. The van der Waals surface area contributed by atoms with Gasteiger partial charge >= 0.3 is 5.97 Å². The third-order valence-electron chi connectivity index (χ3n) is 3.98. The van der Waals surface area contributed by atoms with E-state index in [2.05, 4.69) is 9.97 Å². The molecule has 0 amide bonds. The summed E-state index contributed by atoms with van der Waals surface area (Å²) in [7, 11) is 0. The molecule has 0 unspecified atom stereocenters. The first-order chi connectivity index (χ1) is 13.0. The lowest BCUT2D eigenvalue weighted by Crippen LogP contribution is -2.19. The molecule has 0 fully saturated rings. The second-order valence-corrected chi connectivity index (χ2v) is 7.18. The lowest BCUT2D eigenvalue weighted by Gasteiger charge is -2.14. The molecule has 27 heavy (non-hydrogen) atoms. The number of nitrogens with zero attached hydrogens (tertiary/aromatic N) is 2. The van der Waals surface area contributed by atoms with Crippen LogP contribution in [-0.4, -0.2) is 32.9 Å². The van der Waals surface area contributed by atoms with Crippen LogP contribution in [0, 0.1) is 0 Å². The number of rotatable bonds is 7. The molecule has 2 aromatic heterocycles. The third kappa shape index (κ3) is 4.64. The number of nitrogens with one attached hydrogen (secondary N) is 1. The van der Waals surface area contributed by atoms with Gasteiger partial charge in [0.1, 0.15) is 5.82 Å². The number of benzene rings is 1. The molecule has 3 N–H and O–H groups in total. The largest absolute Gasteiger partial charge is 0.465 e. The molecule has 0 spiro atoms. The van der Waals surface area contributed by atoms with Gasteiger partial charge in [-0.2, -0.15) is 4.98 Å². The Hall–Kier alpha value is -2.45. The van der Waals surface area contributed by atoms with E-state index in [0.29, 0.717) is 35.6 Å². The van der Waals surface area contributed by atoms with E-state index in [9.17, 15) is 9.59 Å². The molecule has 0 aliphatic rings. The van der Waals surface area contributed by atoms with Crippen LogP contribution in [0.2, 0.25) is 5.02 Å². The average Bonchev–Trinajstić information content (AvgIpc) is 3.01. The predicted octanol–water partition coefficient (Wildman–Crippen LogP) is 2.86. The number of nitrogens with two attached hydrogens (primary N) is 1. The van der Waals surface area contributed by atoms with Gasteiger partial charge in [0.25, 0.3) is 5.56 Å². The van der Waals surface area contributed by atoms with Crippen LogP contribution in [0.5, 0.6) is 0 Å². The molecule has 2 heterocycles. The highest BCUT2D eigenvalue weighted by atomic mass is 35.5. The number of fused-ring (bicyclic) bond motifs is 1. The van der Waals surface area contributed by atoms with E-state index >= 15 is 0 Å². The number of nitrogen functional groups attached to an aromatic ring is 1. The van der Waals surface area contributed by atoms with Crippen molar-refractivity contribution in [3.05, 3.63) is 51.4 Å². The minimum Gasteiger partial charge on any atom is -0.465 e. The number of aromatic nitrogens is 3. The summed E-state index contributed by atoms with van der Waals surface area (Å²) in [6.07, 6.45) is 2.58. The summed E-state index contributed by atoms with van der Waals surface area (Å²) in [5, 5.41) is 2.10. The van der Waals surface area contributed by atoms with Crippen LogP contribution < -0.4 is 11.3 Å². The molecule has 0 radical (unpaired) electrons. The second-order valence-electron chi connectivity index (χ2n) is 5.80. The zero-order valence-corrected chi connectivity index (χ0v) is 16.3. The van der Waals surface area contributed by atoms with Crippen LogP contribution in [0.4, 0.5) is 5.82 Å². The predicted molar refractivity (Wildman–Crippen MR) is 107 cm³/mol. The summed E-state index contributed by atoms with van der Waals surface area (Å²) >= 11 is 7.23. The molecule has 0 bridgehead atoms. The van der Waals surface area contributed by atoms with Gasteiger partial charge < -0.3 is 20.0 Å². The zero-order chi connectivity index (χ0) is 19.4. The molecule has 1 aromatic carbocycles. The monoisotopic (exact) mass is 406 g/mol. The second kappa shape index (κ2) is 8.49. The number of H-pyrrole nitrogens is 1. The third-order valence-corrected chi connectivity index (χ3v) is 5.16. The van der Waals surface area contributed by atoms with Gasteiger partial charge in [-0.05, 0) is 37.1 Å². The Labute approximate surface area is 164 Å². The van der Waals surface area contributed by atoms with Gasteiger partial charge in [0, 0.05) is 34.7 Å². The highest BCUT2D eigenvalue weighted by Gasteiger charge is 2.13. The number of carbonyl (C=O) groups is 1. The number of aryl methyl sites for hydroxylation is 1. The summed E-state index contributed by atoms with van der Waals surface area (Å²) < 4.78 is 6.65. The lowest BCUT2D eigenvalue weighted by atomic mass is 10.1. The van der Waals surface area contributed by atoms with E-state index in [1.807, 2.05) is 24.4 Å². The van der Waals surface area contributed by atoms with Crippen LogP contribution in [-0.2, 0) is 22.5 Å². The fourth-order valence-corrected chi connectivity index (χ4v) is 3.76. The van der Waals surface area contributed by atoms with Crippen LogP contribution in [0.15, 0.2) is 40.4 Å². The molecule has 0 saturated heterocycles. The molecule has 7 nitrogen and oxygen atoms in total. The van der Waals surface area contributed by atoms with E-state index in [1.165, 1.54) is 6.07 Å². The molecule has 0 atom stereocenters. The van der Waals surface area contributed by atoms with E-state index < -0.39 is 5.56 Å². The van der Waals surface area contributed by atoms with Gasteiger partial charge in [-0.25, -0.2) is 0 Å². The number of hydrogen-bond donors (Lipinski definition) is 2. The van der Waals surface area contributed by atoms with Gasteiger partial charge in [0.15, 0.2) is 5.16 Å². The molecule has 142 valence electrons. The minimum atomic E-state index is -0.436. The van der Waals surface area contributed by atoms with Gasteiger partial charge in [-0.1, -0.05) is 23.4 Å². The van der Waals surface area contributed by atoms with Gasteiger partial charge in [-0.15, -0.1) is 0 Å². The summed E-state index contributed by atoms with van der Waals surface area (Å²) in [4.78, 5) is 30.5. The number of carbonyl (C=O) groups excluding carboxylic acids is 1. The van der Waals surface area contributed by atoms with Crippen LogP contribution >= 0.6 is 23.4 Å². The van der Waals surface area contributed by atoms with E-state index in [-0.39, 0.29) is 11.7 Å². The Morgan fingerprint density at radius 3 is 3.00 bits per heavy atom. The van der Waals surface area contributed by atoms with Gasteiger partial charge in [0.05, 0.1) is 12.4 Å². The smallest absolute Gasteiger partial charge is 0.316 e. The summed E-state index contributed by atoms with van der Waals surface area (Å²) in [6.45, 7) is 2.55. The number of esters is 1. The molecular formula is C18H19ClN4O3S. The Morgan fingerprint density at radius 2 is 2.22 bits per heavy atom. The van der Waals surface area contributed by atoms with E-state index in [4.69, 9.17) is 22.1 Å². The van der Waals surface area contributed by atoms with Crippen LogP contribution in [0.25, 0.3) is 10.9 Å². The fraction of sp³-hybridized carbons (Fsp3) is 0.278. The van der Waals surface area contributed by atoms with Crippen molar-refractivity contribution in [3.8, 4) is 0 Å².